The fourth-order valence-electron chi connectivity index (χ4n) is 4.00. The van der Waals surface area contributed by atoms with Gasteiger partial charge >= 0.3 is 6.09 Å². The maximum atomic E-state index is 13.1. The fourth-order valence-corrected chi connectivity index (χ4v) is 4.00. The van der Waals surface area contributed by atoms with Crippen LogP contribution in [0.2, 0.25) is 0 Å². The van der Waals surface area contributed by atoms with Gasteiger partial charge in [-0.25, -0.2) is 4.79 Å². The Morgan fingerprint density at radius 3 is 1.74 bits per heavy atom. The fraction of sp³-hybridized carbons (Fsp3) is 0.457. The molecule has 0 atom stereocenters. The van der Waals surface area contributed by atoms with Crippen LogP contribution in [-0.2, 0) is 38.7 Å². The molecule has 3 aromatic carbocycles. The average molecular weight is 594 g/mol. The number of rotatable bonds is 19. The maximum absolute atomic E-state index is 13.1. The molecule has 0 bridgehead atoms. The second kappa shape index (κ2) is 18.8. The van der Waals surface area contributed by atoms with Crippen LogP contribution in [0.3, 0.4) is 0 Å². The van der Waals surface area contributed by atoms with Crippen molar-refractivity contribution >= 4 is 6.09 Å². The Bertz CT molecular complexity index is 1180. The normalized spacial score (nSPS) is 11.3. The van der Waals surface area contributed by atoms with Crippen LogP contribution < -0.4 is 9.47 Å². The van der Waals surface area contributed by atoms with Crippen LogP contribution in [-0.4, -0.2) is 62.8 Å². The van der Waals surface area contributed by atoms with Gasteiger partial charge in [-0.15, -0.1) is 0 Å². The number of benzene rings is 3. The summed E-state index contributed by atoms with van der Waals surface area (Å²) in [6.45, 7) is 12.2. The summed E-state index contributed by atoms with van der Waals surface area (Å²) in [5.41, 5.74) is 2.37. The van der Waals surface area contributed by atoms with E-state index in [2.05, 4.69) is 6.92 Å². The summed E-state index contributed by atoms with van der Waals surface area (Å²) in [5.74, 6) is 1.24. The van der Waals surface area contributed by atoms with Crippen LogP contribution in [0.15, 0.2) is 78.9 Å². The number of carbonyl (C=O) groups excluding carboxylic acids is 1. The Hall–Kier alpha value is -3.59. The smallest absolute Gasteiger partial charge is 0.410 e. The van der Waals surface area contributed by atoms with Crippen molar-refractivity contribution in [3.8, 4) is 11.5 Å². The molecule has 0 N–H and O–H groups in total. The number of nitrogens with zero attached hydrogens (tertiary/aromatic N) is 1. The lowest BCUT2D eigenvalue weighted by Crippen LogP contribution is -2.38. The van der Waals surface area contributed by atoms with E-state index in [4.69, 9.17) is 28.4 Å². The van der Waals surface area contributed by atoms with Gasteiger partial charge < -0.3 is 33.3 Å². The summed E-state index contributed by atoms with van der Waals surface area (Å²) in [6, 6.07) is 25.7. The van der Waals surface area contributed by atoms with Gasteiger partial charge in [-0.05, 0) is 56.0 Å². The lowest BCUT2D eigenvalue weighted by Gasteiger charge is -2.27. The number of hydrogen-bond acceptors (Lipinski definition) is 7. The van der Waals surface area contributed by atoms with E-state index in [-0.39, 0.29) is 0 Å². The molecule has 0 aliphatic carbocycles. The molecular formula is C35H47NO7. The molecule has 3 aromatic rings. The Morgan fingerprint density at radius 2 is 1.19 bits per heavy atom. The Kier molecular flexibility index (Phi) is 14.9. The van der Waals surface area contributed by atoms with E-state index in [1.165, 1.54) is 0 Å². The lowest BCUT2D eigenvalue weighted by molar-refractivity contribution is 0.000665. The Labute approximate surface area is 256 Å². The summed E-state index contributed by atoms with van der Waals surface area (Å²) < 4.78 is 34.8. The number of hydrogen-bond donors (Lipinski definition) is 0. The van der Waals surface area contributed by atoms with E-state index in [0.29, 0.717) is 70.8 Å². The van der Waals surface area contributed by atoms with Gasteiger partial charge in [0, 0.05) is 19.7 Å². The van der Waals surface area contributed by atoms with E-state index in [0.717, 1.165) is 29.7 Å². The predicted octanol–water partition coefficient (Wildman–Crippen LogP) is 7.04. The molecule has 3 rings (SSSR count). The summed E-state index contributed by atoms with van der Waals surface area (Å²) in [7, 11) is 0. The molecule has 234 valence electrons. The first-order valence-electron chi connectivity index (χ1n) is 15.0. The highest BCUT2D eigenvalue weighted by molar-refractivity contribution is 5.68. The molecule has 0 unspecified atom stereocenters. The Balaban J connectivity index is 1.64. The van der Waals surface area contributed by atoms with Crippen LogP contribution >= 0.6 is 0 Å². The largest absolute Gasteiger partial charge is 0.485 e. The SMILES string of the molecule is CCCOCCOCCOCCN(Cc1ccc(OCc2ccccc2)c(OCc2ccccc2)c1)C(=O)OC(C)(C)C. The maximum Gasteiger partial charge on any atom is 0.410 e. The van der Waals surface area contributed by atoms with Gasteiger partial charge in [0.2, 0.25) is 0 Å². The third kappa shape index (κ3) is 14.0. The molecule has 8 heteroatoms. The molecule has 1 amide bonds. The minimum atomic E-state index is -0.622. The van der Waals surface area contributed by atoms with Gasteiger partial charge in [0.1, 0.15) is 18.8 Å². The van der Waals surface area contributed by atoms with Crippen molar-refractivity contribution in [1.29, 1.82) is 0 Å². The second-order valence-electron chi connectivity index (χ2n) is 11.1. The minimum absolute atomic E-state index is 0.324. The van der Waals surface area contributed by atoms with Crippen molar-refractivity contribution in [2.24, 2.45) is 0 Å². The minimum Gasteiger partial charge on any atom is -0.485 e. The van der Waals surface area contributed by atoms with E-state index in [1.54, 1.807) is 4.90 Å². The zero-order valence-corrected chi connectivity index (χ0v) is 26.1. The van der Waals surface area contributed by atoms with Crippen LogP contribution in [0, 0.1) is 0 Å². The van der Waals surface area contributed by atoms with Crippen molar-refractivity contribution in [3.05, 3.63) is 95.6 Å². The molecule has 0 radical (unpaired) electrons. The van der Waals surface area contributed by atoms with Gasteiger partial charge in [-0.3, -0.25) is 0 Å². The van der Waals surface area contributed by atoms with Crippen LogP contribution in [0.5, 0.6) is 11.5 Å². The zero-order valence-electron chi connectivity index (χ0n) is 26.1. The second-order valence-corrected chi connectivity index (χ2v) is 11.1. The molecular weight excluding hydrogens is 546 g/mol. The topological polar surface area (TPSA) is 75.7 Å². The van der Waals surface area contributed by atoms with Gasteiger partial charge in [-0.2, -0.15) is 0 Å². The summed E-state index contributed by atoms with van der Waals surface area (Å²) >= 11 is 0. The Morgan fingerprint density at radius 1 is 0.651 bits per heavy atom. The molecule has 0 fully saturated rings. The highest BCUT2D eigenvalue weighted by Crippen LogP contribution is 2.31. The van der Waals surface area contributed by atoms with E-state index in [9.17, 15) is 4.79 Å². The van der Waals surface area contributed by atoms with Crippen LogP contribution in [0.1, 0.15) is 50.8 Å². The average Bonchev–Trinajstić information content (AvgIpc) is 3.00. The summed E-state index contributed by atoms with van der Waals surface area (Å²) in [5, 5.41) is 0. The van der Waals surface area contributed by atoms with Gasteiger partial charge in [0.05, 0.1) is 33.0 Å². The molecule has 0 heterocycles. The van der Waals surface area contributed by atoms with Crippen molar-refractivity contribution < 1.29 is 33.2 Å². The standard InChI is InChI=1S/C35H47NO7/c1-5-19-38-21-23-40-24-22-39-20-18-36(34(37)43-35(2,3)4)26-31-16-17-32(41-27-29-12-8-6-9-13-29)33(25-31)42-28-30-14-10-7-11-15-30/h6-17,25H,5,18-24,26-28H2,1-4H3. The number of ether oxygens (including phenoxy) is 6. The first-order chi connectivity index (χ1) is 20.8. The molecule has 0 saturated carbocycles. The first kappa shape index (κ1) is 33.9. The van der Waals surface area contributed by atoms with Gasteiger partial charge in [-0.1, -0.05) is 73.7 Å². The van der Waals surface area contributed by atoms with Crippen molar-refractivity contribution in [3.63, 3.8) is 0 Å². The number of amides is 1. The quantitative estimate of drug-likeness (QED) is 0.138. The molecule has 43 heavy (non-hydrogen) atoms. The number of carbonyl (C=O) groups is 1. The van der Waals surface area contributed by atoms with E-state index < -0.39 is 11.7 Å². The predicted molar refractivity (Wildman–Crippen MR) is 167 cm³/mol. The summed E-state index contributed by atoms with van der Waals surface area (Å²) in [6.07, 6.45) is 0.586. The molecule has 0 spiro atoms. The molecule has 0 aliphatic rings. The highest BCUT2D eigenvalue weighted by atomic mass is 16.6. The molecule has 8 nitrogen and oxygen atoms in total. The van der Waals surface area contributed by atoms with Crippen LogP contribution in [0.4, 0.5) is 4.79 Å². The van der Waals surface area contributed by atoms with Gasteiger partial charge in [0.25, 0.3) is 0 Å². The monoisotopic (exact) mass is 593 g/mol. The highest BCUT2D eigenvalue weighted by Gasteiger charge is 2.23. The van der Waals surface area contributed by atoms with Crippen molar-refractivity contribution in [2.45, 2.75) is 59.5 Å². The lowest BCUT2D eigenvalue weighted by atomic mass is 10.1. The third-order valence-corrected chi connectivity index (χ3v) is 6.11. The molecule has 0 aromatic heterocycles. The van der Waals surface area contributed by atoms with Gasteiger partial charge in [0.15, 0.2) is 11.5 Å². The molecule has 0 aliphatic heterocycles. The third-order valence-electron chi connectivity index (χ3n) is 6.11. The van der Waals surface area contributed by atoms with E-state index in [1.807, 2.05) is 99.6 Å². The summed E-state index contributed by atoms with van der Waals surface area (Å²) in [4.78, 5) is 14.8. The van der Waals surface area contributed by atoms with Crippen molar-refractivity contribution in [1.82, 2.24) is 4.90 Å². The first-order valence-corrected chi connectivity index (χ1v) is 15.0. The van der Waals surface area contributed by atoms with Crippen molar-refractivity contribution in [2.75, 3.05) is 46.2 Å². The molecule has 0 saturated heterocycles. The zero-order chi connectivity index (χ0) is 30.8. The van der Waals surface area contributed by atoms with E-state index >= 15 is 0 Å². The van der Waals surface area contributed by atoms with Crippen LogP contribution in [0.25, 0.3) is 0 Å².